The smallest absolute Gasteiger partial charge is 0.240 e. The van der Waals surface area contributed by atoms with Crippen LogP contribution in [-0.4, -0.2) is 22.1 Å². The van der Waals surface area contributed by atoms with E-state index in [0.29, 0.717) is 18.0 Å². The number of rotatable bonds is 18. The van der Waals surface area contributed by atoms with E-state index in [0.717, 1.165) is 12.8 Å². The predicted octanol–water partition coefficient (Wildman–Crippen LogP) is 6.04. The molecule has 0 heterocycles. The van der Waals surface area contributed by atoms with E-state index in [-0.39, 0.29) is 4.90 Å². The lowest BCUT2D eigenvalue weighted by Crippen LogP contribution is -2.18. The van der Waals surface area contributed by atoms with Gasteiger partial charge in [-0.1, -0.05) is 90.4 Å². The molecule has 0 fully saturated rings. The van der Waals surface area contributed by atoms with Crippen LogP contribution >= 0.6 is 0 Å². The molecule has 168 valence electrons. The highest BCUT2D eigenvalue weighted by Crippen LogP contribution is 2.25. The van der Waals surface area contributed by atoms with Crippen LogP contribution in [0.15, 0.2) is 23.1 Å². The van der Waals surface area contributed by atoms with Crippen molar-refractivity contribution in [1.29, 1.82) is 0 Å². The second-order valence-corrected chi connectivity index (χ2v) is 9.74. The fourth-order valence-electron chi connectivity index (χ4n) is 3.42. The Bertz CT molecular complexity index is 648. The summed E-state index contributed by atoms with van der Waals surface area (Å²) in [5, 5.41) is 0. The van der Waals surface area contributed by atoms with Crippen molar-refractivity contribution in [3.63, 3.8) is 0 Å². The lowest BCUT2D eigenvalue weighted by atomic mass is 10.0. The lowest BCUT2D eigenvalue weighted by molar-refractivity contribution is 0.305. The number of anilines is 1. The first-order valence-corrected chi connectivity index (χ1v) is 13.0. The molecule has 0 aromatic heterocycles. The number of benzene rings is 1. The average molecular weight is 427 g/mol. The summed E-state index contributed by atoms with van der Waals surface area (Å²) in [5.41, 5.74) is 6.27. The van der Waals surface area contributed by atoms with Crippen LogP contribution in [0.5, 0.6) is 5.75 Å². The van der Waals surface area contributed by atoms with E-state index in [4.69, 9.17) is 10.5 Å². The molecule has 1 aromatic carbocycles. The quantitative estimate of drug-likeness (QED) is 0.221. The van der Waals surface area contributed by atoms with Crippen molar-refractivity contribution in [1.82, 2.24) is 4.72 Å². The third-order valence-corrected chi connectivity index (χ3v) is 6.73. The number of ether oxygens (including phenoxy) is 1. The van der Waals surface area contributed by atoms with E-state index in [1.54, 1.807) is 6.07 Å². The summed E-state index contributed by atoms with van der Waals surface area (Å²) < 4.78 is 31.5. The molecule has 0 saturated carbocycles. The van der Waals surface area contributed by atoms with E-state index in [2.05, 4.69) is 11.6 Å². The van der Waals surface area contributed by atoms with Gasteiger partial charge in [0.05, 0.1) is 17.2 Å². The maximum absolute atomic E-state index is 11.8. The van der Waals surface area contributed by atoms with Crippen molar-refractivity contribution in [2.45, 2.75) is 102 Å². The van der Waals surface area contributed by atoms with Gasteiger partial charge in [-0.3, -0.25) is 0 Å². The van der Waals surface area contributed by atoms with Crippen LogP contribution in [0.25, 0.3) is 0 Å². The van der Waals surface area contributed by atoms with E-state index in [1.165, 1.54) is 96.2 Å². The Balaban J connectivity index is 2.00. The van der Waals surface area contributed by atoms with Crippen molar-refractivity contribution in [2.75, 3.05) is 19.4 Å². The topological polar surface area (TPSA) is 81.4 Å². The summed E-state index contributed by atoms with van der Waals surface area (Å²) in [6.07, 6.45) is 18.6. The molecule has 0 aliphatic heterocycles. The van der Waals surface area contributed by atoms with E-state index >= 15 is 0 Å². The number of nitrogens with one attached hydrogen (secondary N) is 1. The molecule has 0 aliphatic rings. The third kappa shape index (κ3) is 11.5. The van der Waals surface area contributed by atoms with Gasteiger partial charge in [-0.2, -0.15) is 0 Å². The fourth-order valence-corrected chi connectivity index (χ4v) is 4.19. The van der Waals surface area contributed by atoms with Gasteiger partial charge in [0, 0.05) is 0 Å². The number of unbranched alkanes of at least 4 members (excludes halogenated alkanes) is 13. The van der Waals surface area contributed by atoms with Crippen LogP contribution in [-0.2, 0) is 10.0 Å². The van der Waals surface area contributed by atoms with Crippen LogP contribution in [0, 0.1) is 0 Å². The molecular weight excluding hydrogens is 384 g/mol. The third-order valence-electron chi connectivity index (χ3n) is 5.32. The molecule has 0 unspecified atom stereocenters. The van der Waals surface area contributed by atoms with E-state index < -0.39 is 10.0 Å². The fraction of sp³-hybridized carbons (Fsp3) is 0.739. The molecule has 0 radical (unpaired) electrons. The van der Waals surface area contributed by atoms with Crippen molar-refractivity contribution in [3.8, 4) is 5.75 Å². The molecule has 0 spiro atoms. The molecule has 0 saturated heterocycles. The van der Waals surface area contributed by atoms with Crippen LogP contribution in [0.2, 0.25) is 0 Å². The van der Waals surface area contributed by atoms with Gasteiger partial charge < -0.3 is 10.5 Å². The summed E-state index contributed by atoms with van der Waals surface area (Å²) in [7, 11) is -2.09. The molecule has 5 nitrogen and oxygen atoms in total. The Morgan fingerprint density at radius 1 is 0.828 bits per heavy atom. The minimum Gasteiger partial charge on any atom is -0.491 e. The van der Waals surface area contributed by atoms with Crippen molar-refractivity contribution >= 4 is 15.7 Å². The molecule has 6 heteroatoms. The van der Waals surface area contributed by atoms with Crippen LogP contribution in [0.1, 0.15) is 96.8 Å². The van der Waals surface area contributed by atoms with Gasteiger partial charge in [0.25, 0.3) is 0 Å². The van der Waals surface area contributed by atoms with Gasteiger partial charge in [0.15, 0.2) is 0 Å². The van der Waals surface area contributed by atoms with Gasteiger partial charge >= 0.3 is 0 Å². The van der Waals surface area contributed by atoms with Crippen molar-refractivity contribution < 1.29 is 13.2 Å². The summed E-state index contributed by atoms with van der Waals surface area (Å²) in [4.78, 5) is 0.154. The number of hydrogen-bond acceptors (Lipinski definition) is 4. The van der Waals surface area contributed by atoms with Gasteiger partial charge in [-0.05, 0) is 31.7 Å². The van der Waals surface area contributed by atoms with Crippen LogP contribution in [0.3, 0.4) is 0 Å². The Kier molecular flexibility index (Phi) is 13.8. The van der Waals surface area contributed by atoms with E-state index in [1.807, 2.05) is 0 Å². The number of sulfonamides is 1. The van der Waals surface area contributed by atoms with Gasteiger partial charge in [-0.25, -0.2) is 13.1 Å². The second-order valence-electron chi connectivity index (χ2n) is 7.85. The standard InChI is InChI=1S/C23H42N2O3S/c1-3-4-5-6-7-8-9-10-11-12-13-14-15-16-19-28-23-18-17-21(20-22(23)24)29(26,27)25-2/h17-18,20,25H,3-16,19,24H2,1-2H3. The van der Waals surface area contributed by atoms with Crippen molar-refractivity contribution in [3.05, 3.63) is 18.2 Å². The van der Waals surface area contributed by atoms with E-state index in [9.17, 15) is 8.42 Å². The van der Waals surface area contributed by atoms with Crippen LogP contribution in [0.4, 0.5) is 5.69 Å². The molecule has 0 aliphatic carbocycles. The zero-order valence-corrected chi connectivity index (χ0v) is 19.4. The SMILES string of the molecule is CCCCCCCCCCCCCCCCOc1ccc(S(=O)(=O)NC)cc1N. The van der Waals surface area contributed by atoms with Gasteiger partial charge in [-0.15, -0.1) is 0 Å². The summed E-state index contributed by atoms with van der Waals surface area (Å²) in [6, 6.07) is 4.58. The first kappa shape index (κ1) is 25.8. The second kappa shape index (κ2) is 15.6. The summed E-state index contributed by atoms with van der Waals surface area (Å²) >= 11 is 0. The molecular formula is C23H42N2O3S. The highest BCUT2D eigenvalue weighted by Gasteiger charge is 2.13. The molecule has 29 heavy (non-hydrogen) atoms. The Labute approximate surface area is 178 Å². The minimum atomic E-state index is -3.47. The Morgan fingerprint density at radius 3 is 1.76 bits per heavy atom. The Hall–Kier alpha value is -1.27. The zero-order chi connectivity index (χ0) is 21.4. The largest absolute Gasteiger partial charge is 0.491 e. The molecule has 0 amide bonds. The molecule has 3 N–H and O–H groups in total. The van der Waals surface area contributed by atoms with Crippen LogP contribution < -0.4 is 15.2 Å². The summed E-state index contributed by atoms with van der Waals surface area (Å²) in [5.74, 6) is 0.551. The highest BCUT2D eigenvalue weighted by atomic mass is 32.2. The predicted molar refractivity (Wildman–Crippen MR) is 123 cm³/mol. The Morgan fingerprint density at radius 2 is 1.31 bits per heavy atom. The first-order valence-electron chi connectivity index (χ1n) is 11.5. The maximum Gasteiger partial charge on any atom is 0.240 e. The number of nitrogen functional groups attached to an aromatic ring is 1. The maximum atomic E-state index is 11.8. The number of hydrogen-bond donors (Lipinski definition) is 2. The molecule has 1 aromatic rings. The highest BCUT2D eigenvalue weighted by molar-refractivity contribution is 7.89. The first-order chi connectivity index (χ1) is 14.0. The molecule has 0 bridgehead atoms. The summed E-state index contributed by atoms with van der Waals surface area (Å²) in [6.45, 7) is 2.88. The zero-order valence-electron chi connectivity index (χ0n) is 18.5. The van der Waals surface area contributed by atoms with Crippen molar-refractivity contribution in [2.24, 2.45) is 0 Å². The minimum absolute atomic E-state index is 0.154. The molecule has 1 rings (SSSR count). The lowest BCUT2D eigenvalue weighted by Gasteiger charge is -2.10. The normalized spacial score (nSPS) is 11.7. The number of nitrogens with two attached hydrogens (primary N) is 1. The average Bonchev–Trinajstić information content (AvgIpc) is 2.71. The monoisotopic (exact) mass is 426 g/mol. The van der Waals surface area contributed by atoms with Gasteiger partial charge in [0.1, 0.15) is 5.75 Å². The van der Waals surface area contributed by atoms with Gasteiger partial charge in [0.2, 0.25) is 10.0 Å². The molecule has 0 atom stereocenters.